The minimum Gasteiger partial charge on any atom is -0.460 e. The van der Waals surface area contributed by atoms with Crippen LogP contribution in [-0.2, 0) is 35.3 Å². The highest BCUT2D eigenvalue weighted by Gasteiger charge is 2.53. The molecule has 0 radical (unpaired) electrons. The van der Waals surface area contributed by atoms with Crippen molar-refractivity contribution in [2.75, 3.05) is 0 Å². The fraction of sp³-hybridized carbons (Fsp3) is 0.533. The number of nitrogens with zero attached hydrogens (tertiary/aromatic N) is 2. The third-order valence-corrected chi connectivity index (χ3v) is 8.83. The van der Waals surface area contributed by atoms with Gasteiger partial charge in [-0.25, -0.2) is 12.4 Å². The molecule has 10 heteroatoms. The second-order valence-electron chi connectivity index (χ2n) is 12.5. The monoisotopic (exact) mass is 570 g/mol. The van der Waals surface area contributed by atoms with Crippen LogP contribution in [0.4, 0.5) is 0 Å². The molecule has 3 aromatic rings. The predicted octanol–water partition coefficient (Wildman–Crippen LogP) is 5.51. The van der Waals surface area contributed by atoms with Crippen LogP contribution in [0.25, 0.3) is 10.9 Å². The summed E-state index contributed by atoms with van der Waals surface area (Å²) in [6.07, 6.45) is 1.85. The van der Waals surface area contributed by atoms with Gasteiger partial charge >= 0.3 is 13.1 Å². The van der Waals surface area contributed by atoms with Gasteiger partial charge in [0.25, 0.3) is 10.0 Å². The van der Waals surface area contributed by atoms with Crippen molar-refractivity contribution in [2.24, 2.45) is 5.41 Å². The topological polar surface area (TPSA) is 96.7 Å². The van der Waals surface area contributed by atoms with E-state index in [4.69, 9.17) is 14.0 Å². The number of pyridine rings is 1. The standard InChI is InChI=1S/C28H37BN2O6S.C2H6/c1-25(2,3)35-24(32)26(4,5)17-20-15-19-16-23(29-36-27(6,7)28(8,9)37-29)31(22(19)18-30-20)38(33,34)21-13-11-10-12-14-21;1-2/h10-16,18H,17H2,1-9H3;1-2H3. The van der Waals surface area contributed by atoms with Crippen molar-refractivity contribution in [2.45, 2.75) is 104 Å². The molecule has 40 heavy (non-hydrogen) atoms. The molecule has 1 saturated heterocycles. The molecule has 1 aliphatic rings. The quantitative estimate of drug-likeness (QED) is 0.285. The Morgan fingerprint density at radius 2 is 1.52 bits per heavy atom. The van der Waals surface area contributed by atoms with Gasteiger partial charge in [-0.3, -0.25) is 9.78 Å². The lowest BCUT2D eigenvalue weighted by molar-refractivity contribution is -0.165. The summed E-state index contributed by atoms with van der Waals surface area (Å²) < 4.78 is 47.2. The zero-order valence-corrected chi connectivity index (χ0v) is 26.5. The Bertz CT molecular complexity index is 1460. The molecule has 8 nitrogen and oxygen atoms in total. The van der Waals surface area contributed by atoms with Crippen LogP contribution >= 0.6 is 0 Å². The second-order valence-corrected chi connectivity index (χ2v) is 14.3. The molecule has 0 saturated carbocycles. The summed E-state index contributed by atoms with van der Waals surface area (Å²) in [5, 5.41) is 0.652. The van der Waals surface area contributed by atoms with Gasteiger partial charge in [-0.1, -0.05) is 32.0 Å². The highest BCUT2D eigenvalue weighted by molar-refractivity contribution is 7.90. The normalized spacial score (nSPS) is 16.9. The van der Waals surface area contributed by atoms with Crippen molar-refractivity contribution in [3.63, 3.8) is 0 Å². The molecule has 4 rings (SSSR count). The fourth-order valence-electron chi connectivity index (χ4n) is 4.28. The first kappa shape index (κ1) is 31.8. The zero-order chi connectivity index (χ0) is 30.3. The van der Waals surface area contributed by atoms with Crippen LogP contribution in [0.1, 0.15) is 81.9 Å². The molecule has 0 spiro atoms. The smallest absolute Gasteiger partial charge is 0.460 e. The number of aromatic nitrogens is 2. The number of hydrogen-bond acceptors (Lipinski definition) is 7. The van der Waals surface area contributed by atoms with Gasteiger partial charge in [0.1, 0.15) is 5.60 Å². The van der Waals surface area contributed by atoms with Crippen LogP contribution in [0.2, 0.25) is 0 Å². The average Bonchev–Trinajstić information content (AvgIpc) is 3.33. The highest BCUT2D eigenvalue weighted by atomic mass is 32.2. The first-order chi connectivity index (χ1) is 18.3. The lowest BCUT2D eigenvalue weighted by Gasteiger charge is -2.32. The maximum atomic E-state index is 13.9. The minimum atomic E-state index is -4.00. The summed E-state index contributed by atoms with van der Waals surface area (Å²) in [5.74, 6) is -0.325. The lowest BCUT2D eigenvalue weighted by atomic mass is 9.85. The van der Waals surface area contributed by atoms with E-state index in [0.717, 1.165) is 0 Å². The maximum absolute atomic E-state index is 13.9. The van der Waals surface area contributed by atoms with Crippen LogP contribution < -0.4 is 5.59 Å². The summed E-state index contributed by atoms with van der Waals surface area (Å²) in [6.45, 7) is 20.8. The number of hydrogen-bond donors (Lipinski definition) is 0. The van der Waals surface area contributed by atoms with E-state index >= 15 is 0 Å². The van der Waals surface area contributed by atoms with Gasteiger partial charge in [0.15, 0.2) is 0 Å². The minimum absolute atomic E-state index is 0.144. The van der Waals surface area contributed by atoms with Crippen LogP contribution in [0.5, 0.6) is 0 Å². The van der Waals surface area contributed by atoms with Gasteiger partial charge in [-0.2, -0.15) is 0 Å². The van der Waals surface area contributed by atoms with E-state index in [-0.39, 0.29) is 10.9 Å². The molecule has 0 atom stereocenters. The fourth-order valence-corrected chi connectivity index (χ4v) is 5.82. The van der Waals surface area contributed by atoms with Crippen LogP contribution in [0.15, 0.2) is 53.6 Å². The first-order valence-electron chi connectivity index (χ1n) is 13.7. The molecule has 0 aliphatic carbocycles. The molecular formula is C30H43BN2O6S. The summed E-state index contributed by atoms with van der Waals surface area (Å²) in [6, 6.07) is 11.8. The Balaban J connectivity index is 0.00000216. The van der Waals surface area contributed by atoms with E-state index < -0.39 is 39.4 Å². The summed E-state index contributed by atoms with van der Waals surface area (Å²) in [5.41, 5.74) is -1.35. The number of carbonyl (C=O) groups is 1. The van der Waals surface area contributed by atoms with Gasteiger partial charge < -0.3 is 14.0 Å². The van der Waals surface area contributed by atoms with Gasteiger partial charge in [-0.05, 0) is 86.6 Å². The Labute approximate surface area is 239 Å². The highest BCUT2D eigenvalue weighted by Crippen LogP contribution is 2.37. The largest absolute Gasteiger partial charge is 0.513 e. The number of benzene rings is 1. The Morgan fingerprint density at radius 3 is 2.05 bits per heavy atom. The molecule has 0 amide bonds. The van der Waals surface area contributed by atoms with Crippen LogP contribution in [0, 0.1) is 5.41 Å². The first-order valence-corrected chi connectivity index (χ1v) is 15.2. The van der Waals surface area contributed by atoms with Crippen LogP contribution in [-0.4, -0.2) is 47.3 Å². The van der Waals surface area contributed by atoms with Gasteiger partial charge in [-0.15, -0.1) is 0 Å². The number of fused-ring (bicyclic) bond motifs is 1. The molecular weight excluding hydrogens is 527 g/mol. The molecule has 0 N–H and O–H groups in total. The third-order valence-electron chi connectivity index (χ3n) is 7.08. The van der Waals surface area contributed by atoms with E-state index in [1.54, 1.807) is 36.4 Å². The zero-order valence-electron chi connectivity index (χ0n) is 25.7. The van der Waals surface area contributed by atoms with Gasteiger partial charge in [0.2, 0.25) is 0 Å². The van der Waals surface area contributed by atoms with Crippen molar-refractivity contribution in [1.82, 2.24) is 8.96 Å². The van der Waals surface area contributed by atoms with Crippen molar-refractivity contribution in [1.29, 1.82) is 0 Å². The third kappa shape index (κ3) is 6.29. The van der Waals surface area contributed by atoms with E-state index in [2.05, 4.69) is 4.98 Å². The molecule has 218 valence electrons. The molecule has 3 heterocycles. The van der Waals surface area contributed by atoms with E-state index in [0.29, 0.717) is 28.6 Å². The predicted molar refractivity (Wildman–Crippen MR) is 159 cm³/mol. The van der Waals surface area contributed by atoms with Gasteiger partial charge in [0, 0.05) is 17.5 Å². The summed E-state index contributed by atoms with van der Waals surface area (Å²) in [7, 11) is -4.91. The van der Waals surface area contributed by atoms with Crippen molar-refractivity contribution >= 4 is 39.6 Å². The van der Waals surface area contributed by atoms with Crippen molar-refractivity contribution < 1.29 is 27.3 Å². The lowest BCUT2D eigenvalue weighted by Crippen LogP contribution is -2.41. The Kier molecular flexibility index (Phi) is 8.71. The molecule has 1 aromatic carbocycles. The molecule has 0 unspecified atom stereocenters. The number of ether oxygens (including phenoxy) is 1. The molecule has 1 fully saturated rings. The molecule has 1 aliphatic heterocycles. The van der Waals surface area contributed by atoms with E-state index in [1.807, 2.05) is 82.2 Å². The Hall–Kier alpha value is -2.69. The SMILES string of the molecule is CC.CC(C)(C)OC(=O)C(C)(C)Cc1cc2cc(B3OC(C)(C)C(C)(C)O3)n(S(=O)(=O)c3ccccc3)c2cn1. The van der Waals surface area contributed by atoms with Crippen LogP contribution in [0.3, 0.4) is 0 Å². The number of rotatable bonds is 6. The molecule has 2 aromatic heterocycles. The maximum Gasteiger partial charge on any atom is 0.513 e. The number of carbonyl (C=O) groups excluding carboxylic acids is 1. The Morgan fingerprint density at radius 1 is 0.975 bits per heavy atom. The van der Waals surface area contributed by atoms with E-state index in [1.165, 1.54) is 10.2 Å². The number of esters is 1. The second kappa shape index (κ2) is 10.9. The van der Waals surface area contributed by atoms with Gasteiger partial charge in [0.05, 0.1) is 38.8 Å². The van der Waals surface area contributed by atoms with E-state index in [9.17, 15) is 13.2 Å². The summed E-state index contributed by atoms with van der Waals surface area (Å²) in [4.78, 5) is 17.5. The van der Waals surface area contributed by atoms with Crippen molar-refractivity contribution in [3.8, 4) is 0 Å². The van der Waals surface area contributed by atoms with Crippen molar-refractivity contribution in [3.05, 3.63) is 54.4 Å². The average molecular weight is 571 g/mol. The molecule has 0 bridgehead atoms. The summed E-state index contributed by atoms with van der Waals surface area (Å²) >= 11 is 0.